The fourth-order valence-corrected chi connectivity index (χ4v) is 0. The second-order valence-corrected chi connectivity index (χ2v) is 0.848. The number of hydrogen-bond acceptors (Lipinski definition) is 3. The van der Waals surface area contributed by atoms with E-state index in [4.69, 9.17) is 45.0 Å². The Morgan fingerprint density at radius 1 is 0.216 bits per heavy atom. The van der Waals surface area contributed by atoms with Gasteiger partial charge in [0, 0.05) is 0 Å². The molecule has 0 amide bonds. The SMILES string of the molecule is O=C(O)O.O=C(O)O.O=C(O)O.[H-].[H-].[H-].[H-].[H-].[H-].[H-].[H-].[H-].[H-].[H-].[H-].[H-].[H-].[H-].[H-].[H-].[H-].[H-].[H-].[H-].[H-].[H-].[H-].[H-].[H-].[H-].[H-].[H-].[H-].[H-].[H-].[H-].[H-].[H-].[H-].[H-].[H-].[H-].[H-].[H-].[H-].[H-].[H-].[H-].[H-].[H-].[H-].[H-].[H-].[Mg+2].[Mg+2].[Mg+2].[Mg+2].[Mg+2].[Mg+2].[Mg+2].[Mg+2].[Mg+2].[Mg+2].[Mg+2].[Mg+2].[Mg+2].[Mg+2].[Mg+2].[Mg+2].[Mg+2].[Mg+2].[Mg+2].[Mg+2].[Mg+2].[Mg+2].[Mg+2].[Mg+2].[Mg+2]. The van der Waals surface area contributed by atoms with E-state index in [9.17, 15) is 0 Å². The summed E-state index contributed by atoms with van der Waals surface area (Å²) < 4.78 is 0. The van der Waals surface area contributed by atoms with Crippen LogP contribution in [-0.4, -0.2) is 625 Å². The number of rotatable bonds is 0. The van der Waals surface area contributed by atoms with Gasteiger partial charge in [0.05, 0.1) is 0 Å². The van der Waals surface area contributed by atoms with Crippen molar-refractivity contribution in [1.82, 2.24) is 0 Å². The molecule has 0 bridgehead atoms. The second-order valence-electron chi connectivity index (χ2n) is 0.848. The zero-order chi connectivity index (χ0) is 10.7. The number of carbonyl (C=O) groups is 3. The molecule has 0 aromatic carbocycles. The first-order valence-electron chi connectivity index (χ1n) is 1.95. The third kappa shape index (κ3) is 478. The quantitative estimate of drug-likeness (QED) is 0.137. The fourth-order valence-electron chi connectivity index (χ4n) is 0. The Kier molecular flexibility index (Phi) is 1290. The molecule has 0 rings (SSSR count). The molecule has 0 heterocycles. The minimum atomic E-state index is -1.83. The zero-order valence-corrected chi connectivity index (χ0v) is 58.4. The number of carboxylic acid groups (broad SMARTS) is 6. The van der Waals surface area contributed by atoms with E-state index >= 15 is 0 Å². The van der Waals surface area contributed by atoms with E-state index in [0.717, 1.165) is 0 Å². The predicted molar refractivity (Wildman–Crippen MR) is 231 cm³/mol. The molecule has 0 aliphatic carbocycles. The Bertz CT molecular complexity index is 227. The molecular formula is C3H56Mg25O9. The summed E-state index contributed by atoms with van der Waals surface area (Å²) in [6.45, 7) is 0. The van der Waals surface area contributed by atoms with Gasteiger partial charge in [0.25, 0.3) is 0 Å². The molecule has 0 atom stereocenters. The summed E-state index contributed by atoms with van der Waals surface area (Å²) in [5, 5.41) is 41.8. The summed E-state index contributed by atoms with van der Waals surface area (Å²) in [5.74, 6) is 0. The van der Waals surface area contributed by atoms with Crippen LogP contribution in [0.5, 0.6) is 0 Å². The molecule has 34 heteroatoms. The van der Waals surface area contributed by atoms with Crippen LogP contribution in [-0.2, 0) is 0 Å². The fraction of sp³-hybridized carbons (Fsp3) is 0. The molecule has 0 radical (unpaired) electrons. The first-order chi connectivity index (χ1) is 5.20. The van der Waals surface area contributed by atoms with Crippen LogP contribution in [0.2, 0.25) is 0 Å². The standard InChI is InChI=1S/3CH2O3.25Mg.50H/c3*2-1(3)4;;;;;;;;;;;;;;;;;;;;;;;;;;;;;;;;;;;;;;;;;;;;;;;;;;;;;;;;;;;;;;;;;;;;;;;;;;;/h3*(H2,2,3,4);;;;;;;;;;;;;;;;;;;;;;;;;;;;;;;;;;;;;;;;;;;;;;;;;;;;;;;;;;;;;;;;;;;;;;;;;;;/q;;;25*+2;50*-1. The molecule has 0 saturated carbocycles. The van der Waals surface area contributed by atoms with Gasteiger partial charge in [0.2, 0.25) is 0 Å². The van der Waals surface area contributed by atoms with Crippen molar-refractivity contribution in [2.24, 2.45) is 0 Å². The topological polar surface area (TPSA) is 173 Å². The molecule has 0 saturated heterocycles. The summed E-state index contributed by atoms with van der Waals surface area (Å²) in [6, 6.07) is 0. The summed E-state index contributed by atoms with van der Waals surface area (Å²) >= 11 is 0. The van der Waals surface area contributed by atoms with Crippen molar-refractivity contribution in [2.75, 3.05) is 0 Å². The summed E-state index contributed by atoms with van der Waals surface area (Å²) in [5.41, 5.74) is 0. The van der Waals surface area contributed by atoms with Crippen LogP contribution in [0.3, 0.4) is 0 Å². The van der Waals surface area contributed by atoms with Crippen LogP contribution >= 0.6 is 0 Å². The molecule has 0 aromatic rings. The van der Waals surface area contributed by atoms with Crippen molar-refractivity contribution >= 4 is 595 Å². The normalized spacial score (nSPS) is 1.95. The van der Waals surface area contributed by atoms with Crippen LogP contribution in [0.25, 0.3) is 0 Å². The van der Waals surface area contributed by atoms with Crippen LogP contribution in [0.15, 0.2) is 0 Å². The molecule has 0 aliphatic rings. The van der Waals surface area contributed by atoms with Crippen molar-refractivity contribution in [3.8, 4) is 0 Å². The van der Waals surface area contributed by atoms with Crippen molar-refractivity contribution in [1.29, 1.82) is 0 Å². The maximum atomic E-state index is 8.56. The van der Waals surface area contributed by atoms with E-state index in [1.54, 1.807) is 0 Å². The Hall–Kier alpha value is 17.0. The first kappa shape index (κ1) is 225. The van der Waals surface area contributed by atoms with E-state index in [0.29, 0.717) is 0 Å². The van der Waals surface area contributed by atoms with Crippen molar-refractivity contribution in [2.45, 2.75) is 0 Å². The molecule has 37 heavy (non-hydrogen) atoms. The Balaban J connectivity index is -0.000000000128. The predicted octanol–water partition coefficient (Wildman–Crippen LogP) is -3.23. The van der Waals surface area contributed by atoms with Gasteiger partial charge in [-0.3, -0.25) is 0 Å². The maximum absolute atomic E-state index is 8.56. The van der Waals surface area contributed by atoms with Gasteiger partial charge < -0.3 is 102 Å². The maximum Gasteiger partial charge on any atom is 2.00 e. The minimum absolute atomic E-state index is 0. The number of hydrogen-bond donors (Lipinski definition) is 6. The van der Waals surface area contributed by atoms with E-state index in [1.807, 2.05) is 0 Å². The Morgan fingerprint density at radius 3 is 0.216 bits per heavy atom. The van der Waals surface area contributed by atoms with Gasteiger partial charge in [-0.2, -0.15) is 0 Å². The Morgan fingerprint density at radius 2 is 0.216 bits per heavy atom. The first-order valence-corrected chi connectivity index (χ1v) is 1.95. The molecule has 172 valence electrons. The van der Waals surface area contributed by atoms with Gasteiger partial charge in [-0.25, -0.2) is 14.4 Å². The molecular weight excluding hydrogens is 788 g/mol. The van der Waals surface area contributed by atoms with Gasteiger partial charge in [-0.15, -0.1) is 0 Å². The summed E-state index contributed by atoms with van der Waals surface area (Å²) in [6.07, 6.45) is -5.50. The molecule has 0 spiro atoms. The molecule has 6 N–H and O–H groups in total. The monoisotopic (exact) mass is 836 g/mol. The molecule has 0 aromatic heterocycles. The summed E-state index contributed by atoms with van der Waals surface area (Å²) in [7, 11) is 0. The molecule has 9 nitrogen and oxygen atoms in total. The van der Waals surface area contributed by atoms with Crippen LogP contribution in [0.1, 0.15) is 71.3 Å². The van der Waals surface area contributed by atoms with E-state index in [-0.39, 0.29) is 648 Å². The van der Waals surface area contributed by atoms with Crippen LogP contribution in [0.4, 0.5) is 14.4 Å². The minimum Gasteiger partial charge on any atom is -1.00 e. The third-order valence-electron chi connectivity index (χ3n) is 0. The van der Waals surface area contributed by atoms with Crippen molar-refractivity contribution in [3.05, 3.63) is 0 Å². The largest absolute Gasteiger partial charge is 2.00 e. The van der Waals surface area contributed by atoms with E-state index < -0.39 is 18.5 Å². The van der Waals surface area contributed by atoms with Gasteiger partial charge in [-0.1, -0.05) is 0 Å². The smallest absolute Gasteiger partial charge is 1.00 e. The third-order valence-corrected chi connectivity index (χ3v) is 0. The van der Waals surface area contributed by atoms with Crippen molar-refractivity contribution < 1.29 is 116 Å². The van der Waals surface area contributed by atoms with Gasteiger partial charge in [0.15, 0.2) is 0 Å². The zero-order valence-electron chi connectivity index (χ0n) is 73.1. The molecule has 0 unspecified atom stereocenters. The molecule has 0 aliphatic heterocycles. The van der Waals surface area contributed by atoms with Crippen LogP contribution < -0.4 is 0 Å². The van der Waals surface area contributed by atoms with Gasteiger partial charge in [-0.05, 0) is 0 Å². The average Bonchev–Trinajstić information content (AvgIpc) is 1.54. The van der Waals surface area contributed by atoms with Gasteiger partial charge in [0.1, 0.15) is 0 Å². The second kappa shape index (κ2) is 212. The average molecular weight is 844 g/mol. The molecule has 0 fully saturated rings. The summed E-state index contributed by atoms with van der Waals surface area (Å²) in [4.78, 5) is 25.7. The van der Waals surface area contributed by atoms with Gasteiger partial charge >= 0.3 is 595 Å². The Labute approximate surface area is 696 Å². The van der Waals surface area contributed by atoms with Crippen molar-refractivity contribution in [3.63, 3.8) is 0 Å². The van der Waals surface area contributed by atoms with E-state index in [2.05, 4.69) is 0 Å². The van der Waals surface area contributed by atoms with E-state index in [1.165, 1.54) is 0 Å². The van der Waals surface area contributed by atoms with Crippen LogP contribution in [0, 0.1) is 0 Å².